The third-order valence-corrected chi connectivity index (χ3v) is 13.6. The zero-order valence-corrected chi connectivity index (χ0v) is 37.4. The second-order valence-electron chi connectivity index (χ2n) is 17.4. The van der Waals surface area contributed by atoms with Gasteiger partial charge in [0.15, 0.2) is 0 Å². The van der Waals surface area contributed by atoms with E-state index in [2.05, 4.69) is 20.9 Å². The van der Waals surface area contributed by atoms with Gasteiger partial charge >= 0.3 is 0 Å². The number of benzene rings is 3. The molecule has 3 aromatic carbocycles. The SMILES string of the molecule is C[C@@H](C(=O)Nc1ccc(Cl)c(OC2CCN(C(=O)CCOCCOCCNc3cccc4c3CN(C3CCC(=O)NC3=O)C4=O)CC2)c1)[C@H]1CC[C@@H](c2ccnc3ccc(F)cc32)CC1. The highest BCUT2D eigenvalue weighted by Gasteiger charge is 2.40. The van der Waals surface area contributed by atoms with Crippen molar-refractivity contribution < 1.29 is 42.6 Å². The second kappa shape index (κ2) is 21.1. The number of likely N-dealkylation sites (tertiary alicyclic amines) is 1. The molecule has 8 rings (SSSR count). The number of piperidine rings is 2. The van der Waals surface area contributed by atoms with E-state index in [0.29, 0.717) is 86.7 Å². The van der Waals surface area contributed by atoms with Crippen LogP contribution in [-0.2, 0) is 35.2 Å². The van der Waals surface area contributed by atoms with E-state index in [-0.39, 0.29) is 73.4 Å². The summed E-state index contributed by atoms with van der Waals surface area (Å²) in [5.74, 6) is -0.442. The lowest BCUT2D eigenvalue weighted by Crippen LogP contribution is -2.52. The van der Waals surface area contributed by atoms with Gasteiger partial charge in [-0.25, -0.2) is 4.39 Å². The number of hydrogen-bond donors (Lipinski definition) is 3. The Kier molecular flexibility index (Phi) is 14.9. The van der Waals surface area contributed by atoms with Gasteiger partial charge in [0, 0.05) is 91.5 Å². The number of halogens is 2. The van der Waals surface area contributed by atoms with Crippen LogP contribution in [0.2, 0.25) is 5.02 Å². The van der Waals surface area contributed by atoms with Gasteiger partial charge in [0.1, 0.15) is 23.7 Å². The molecule has 1 aromatic heterocycles. The molecule has 0 spiro atoms. The Bertz CT molecular complexity index is 2400. The molecule has 1 unspecified atom stereocenters. The van der Waals surface area contributed by atoms with E-state index in [4.69, 9.17) is 25.8 Å². The fourth-order valence-corrected chi connectivity index (χ4v) is 9.78. The van der Waals surface area contributed by atoms with Crippen LogP contribution in [0.3, 0.4) is 0 Å². The number of carbonyl (C=O) groups excluding carboxylic acids is 5. The summed E-state index contributed by atoms with van der Waals surface area (Å²) in [5, 5.41) is 10.0. The summed E-state index contributed by atoms with van der Waals surface area (Å²) in [5.41, 5.74) is 4.70. The summed E-state index contributed by atoms with van der Waals surface area (Å²) in [6.07, 6.45) is 7.38. The van der Waals surface area contributed by atoms with Crippen LogP contribution in [0.5, 0.6) is 5.75 Å². The Morgan fingerprint density at radius 1 is 0.923 bits per heavy atom. The molecule has 14 nitrogen and oxygen atoms in total. The molecule has 2 atom stereocenters. The fraction of sp³-hybridized carbons (Fsp3) is 0.469. The standard InChI is InChI=1S/C49H56ClFN6O8/c1-30(31-5-7-32(8-6-31)36-15-19-52-42-12-9-33(51)27-38(36)42)47(60)54-34-10-11-40(50)44(28-34)65-35-16-21-56(22-17-35)46(59)18-23-63-25-26-64-24-20-53-41-4-2-3-37-39(41)29-57(49(37)62)43-13-14-45(58)55-48(43)61/h2-4,9-12,15,19,27-28,30-32,35,43,53H,5-8,13-14,16-18,20-26,29H2,1H3,(H,54,60)(H,55,58,61)/t30-,31-,32+,43?/m1/s1. The summed E-state index contributed by atoms with van der Waals surface area (Å²) < 4.78 is 31.8. The van der Waals surface area contributed by atoms with Gasteiger partial charge in [0.25, 0.3) is 5.91 Å². The number of fused-ring (bicyclic) bond motifs is 2. The number of nitrogens with one attached hydrogen (secondary N) is 3. The van der Waals surface area contributed by atoms with Crippen LogP contribution < -0.4 is 20.7 Å². The maximum absolute atomic E-state index is 14.1. The molecule has 3 aliphatic heterocycles. The van der Waals surface area contributed by atoms with E-state index in [9.17, 15) is 28.4 Å². The number of carbonyl (C=O) groups is 5. The first-order chi connectivity index (χ1) is 31.5. The summed E-state index contributed by atoms with van der Waals surface area (Å²) in [7, 11) is 0. The molecule has 1 saturated carbocycles. The van der Waals surface area contributed by atoms with E-state index >= 15 is 0 Å². The van der Waals surface area contributed by atoms with Crippen LogP contribution in [0.25, 0.3) is 10.9 Å². The van der Waals surface area contributed by atoms with Crippen molar-refractivity contribution in [2.75, 3.05) is 56.7 Å². The van der Waals surface area contributed by atoms with Gasteiger partial charge in [0.05, 0.1) is 43.4 Å². The van der Waals surface area contributed by atoms with Crippen molar-refractivity contribution >= 4 is 63.4 Å². The maximum atomic E-state index is 14.1. The minimum absolute atomic E-state index is 0.0187. The summed E-state index contributed by atoms with van der Waals surface area (Å²) in [6, 6.07) is 16.8. The summed E-state index contributed by atoms with van der Waals surface area (Å²) in [4.78, 5) is 71.2. The number of amides is 5. The van der Waals surface area contributed by atoms with Gasteiger partial charge in [-0.1, -0.05) is 24.6 Å². The zero-order valence-electron chi connectivity index (χ0n) is 36.6. The molecule has 1 aliphatic carbocycles. The van der Waals surface area contributed by atoms with Crippen molar-refractivity contribution in [3.05, 3.63) is 94.4 Å². The first kappa shape index (κ1) is 45.9. The van der Waals surface area contributed by atoms with Crippen molar-refractivity contribution in [3.63, 3.8) is 0 Å². The number of rotatable bonds is 17. The average Bonchev–Trinajstić information content (AvgIpc) is 3.65. The van der Waals surface area contributed by atoms with Gasteiger partial charge in [-0.15, -0.1) is 0 Å². The molecule has 3 N–H and O–H groups in total. The second-order valence-corrected chi connectivity index (χ2v) is 17.8. The van der Waals surface area contributed by atoms with Gasteiger partial charge in [0.2, 0.25) is 23.6 Å². The average molecular weight is 911 g/mol. The van der Waals surface area contributed by atoms with Crippen molar-refractivity contribution in [2.45, 2.75) is 89.3 Å². The number of hydrogen-bond acceptors (Lipinski definition) is 10. The molecule has 344 valence electrons. The summed E-state index contributed by atoms with van der Waals surface area (Å²) in [6.45, 7) is 5.25. The topological polar surface area (TPSA) is 168 Å². The molecule has 16 heteroatoms. The van der Waals surface area contributed by atoms with Crippen LogP contribution >= 0.6 is 11.6 Å². The lowest BCUT2D eigenvalue weighted by molar-refractivity contribution is -0.137. The van der Waals surface area contributed by atoms with Crippen molar-refractivity contribution in [3.8, 4) is 5.75 Å². The molecule has 0 bridgehead atoms. The minimum Gasteiger partial charge on any atom is -0.489 e. The highest BCUT2D eigenvalue weighted by Crippen LogP contribution is 2.41. The van der Waals surface area contributed by atoms with E-state index in [0.717, 1.165) is 53.4 Å². The van der Waals surface area contributed by atoms with Crippen LogP contribution in [0.15, 0.2) is 66.9 Å². The number of pyridine rings is 1. The molecule has 4 heterocycles. The lowest BCUT2D eigenvalue weighted by Gasteiger charge is -2.33. The molecule has 4 aliphatic rings. The van der Waals surface area contributed by atoms with E-state index in [1.807, 2.05) is 24.0 Å². The van der Waals surface area contributed by atoms with Crippen molar-refractivity contribution in [2.24, 2.45) is 11.8 Å². The Balaban J connectivity index is 0.692. The van der Waals surface area contributed by atoms with Crippen molar-refractivity contribution in [1.29, 1.82) is 0 Å². The monoisotopic (exact) mass is 910 g/mol. The fourth-order valence-electron chi connectivity index (χ4n) is 9.62. The van der Waals surface area contributed by atoms with Crippen LogP contribution in [0.1, 0.15) is 92.1 Å². The Labute approximate surface area is 382 Å². The summed E-state index contributed by atoms with van der Waals surface area (Å²) >= 11 is 6.54. The molecule has 2 saturated heterocycles. The molecule has 65 heavy (non-hydrogen) atoms. The molecule has 3 fully saturated rings. The van der Waals surface area contributed by atoms with Gasteiger partial charge in [-0.3, -0.25) is 34.3 Å². The minimum atomic E-state index is -0.666. The lowest BCUT2D eigenvalue weighted by atomic mass is 9.73. The number of anilines is 2. The molecule has 0 radical (unpaired) electrons. The first-order valence-corrected chi connectivity index (χ1v) is 23.1. The molecular formula is C49H56ClFN6O8. The van der Waals surface area contributed by atoms with Gasteiger partial charge < -0.3 is 34.6 Å². The number of imide groups is 1. The predicted molar refractivity (Wildman–Crippen MR) is 243 cm³/mol. The number of aromatic nitrogens is 1. The maximum Gasteiger partial charge on any atom is 0.255 e. The molecule has 4 aromatic rings. The van der Waals surface area contributed by atoms with Crippen LogP contribution in [-0.4, -0.2) is 103 Å². The number of ether oxygens (including phenoxy) is 3. The normalized spacial score (nSPS) is 20.7. The highest BCUT2D eigenvalue weighted by molar-refractivity contribution is 6.32. The van der Waals surface area contributed by atoms with Gasteiger partial charge in [-0.05, 0) is 98.0 Å². The molecular weight excluding hydrogens is 855 g/mol. The van der Waals surface area contributed by atoms with Crippen LogP contribution in [0.4, 0.5) is 15.8 Å². The van der Waals surface area contributed by atoms with E-state index in [1.54, 1.807) is 48.7 Å². The van der Waals surface area contributed by atoms with E-state index in [1.165, 1.54) is 11.0 Å². The first-order valence-electron chi connectivity index (χ1n) is 22.8. The largest absolute Gasteiger partial charge is 0.489 e. The third kappa shape index (κ3) is 11.1. The number of nitrogens with zero attached hydrogens (tertiary/aromatic N) is 3. The third-order valence-electron chi connectivity index (χ3n) is 13.3. The molecule has 5 amide bonds. The predicted octanol–water partition coefficient (Wildman–Crippen LogP) is 7.24. The van der Waals surface area contributed by atoms with Crippen LogP contribution in [0, 0.1) is 17.7 Å². The van der Waals surface area contributed by atoms with Crippen molar-refractivity contribution in [1.82, 2.24) is 20.1 Å². The Hall–Kier alpha value is -5.64. The zero-order chi connectivity index (χ0) is 45.5. The smallest absolute Gasteiger partial charge is 0.255 e. The Morgan fingerprint density at radius 3 is 2.49 bits per heavy atom. The highest BCUT2D eigenvalue weighted by atomic mass is 35.5. The van der Waals surface area contributed by atoms with Gasteiger partial charge in [-0.2, -0.15) is 0 Å². The quantitative estimate of drug-likeness (QED) is 0.0726. The van der Waals surface area contributed by atoms with E-state index < -0.39 is 11.9 Å². The Morgan fingerprint density at radius 2 is 1.71 bits per heavy atom.